The molecule has 0 atom stereocenters. The molecule has 1 aromatic heterocycles. The number of benzene rings is 8. The van der Waals surface area contributed by atoms with Gasteiger partial charge in [-0.05, 0) is 148 Å². The van der Waals surface area contributed by atoms with Crippen molar-refractivity contribution in [1.82, 2.24) is 0 Å². The Bertz CT molecular complexity index is 3080. The Morgan fingerprint density at radius 3 is 2.00 bits per heavy atom. The summed E-state index contributed by atoms with van der Waals surface area (Å²) in [4.78, 5) is 2.56. The Hall–Kier alpha value is -6.12. The minimum absolute atomic E-state index is 0.0995. The summed E-state index contributed by atoms with van der Waals surface area (Å²) in [5.41, 5.74) is 21.4. The maximum absolute atomic E-state index is 6.63. The molecule has 8 aromatic carbocycles. The first-order chi connectivity index (χ1) is 26.2. The SMILES string of the molecule is Cc1cc(C)c(N(c2ccc3c(c2)C(C)(C)c2ccccc2-3)c2cc3c(c4ccccc24)-c2cc4c(cc2C3)oc2cc(C)c3ccccc3c24)c(C)c1. The summed E-state index contributed by atoms with van der Waals surface area (Å²) >= 11 is 0. The van der Waals surface area contributed by atoms with Crippen molar-refractivity contribution >= 4 is 60.5 Å². The van der Waals surface area contributed by atoms with E-state index in [1.54, 1.807) is 0 Å². The molecule has 0 N–H and O–H groups in total. The van der Waals surface area contributed by atoms with Crippen LogP contribution in [0.2, 0.25) is 0 Å². The third kappa shape index (κ3) is 4.23. The molecule has 2 nitrogen and oxygen atoms in total. The zero-order chi connectivity index (χ0) is 36.6. The van der Waals surface area contributed by atoms with E-state index < -0.39 is 0 Å². The summed E-state index contributed by atoms with van der Waals surface area (Å²) in [6.07, 6.45) is 0.863. The fraction of sp³-hybridized carbons (Fsp3) is 0.154. The van der Waals surface area contributed by atoms with Crippen LogP contribution in [0.5, 0.6) is 0 Å². The van der Waals surface area contributed by atoms with Gasteiger partial charge in [-0.25, -0.2) is 0 Å². The third-order valence-electron chi connectivity index (χ3n) is 12.6. The molecule has 0 saturated carbocycles. The molecule has 0 aliphatic heterocycles. The third-order valence-corrected chi connectivity index (χ3v) is 12.6. The van der Waals surface area contributed by atoms with Gasteiger partial charge in [0.2, 0.25) is 0 Å². The number of aryl methyl sites for hydroxylation is 4. The molecule has 2 heteroatoms. The molecule has 1 heterocycles. The number of anilines is 3. The Kier molecular flexibility index (Phi) is 6.38. The van der Waals surface area contributed by atoms with E-state index in [-0.39, 0.29) is 5.41 Å². The van der Waals surface area contributed by atoms with Gasteiger partial charge in [0.1, 0.15) is 11.2 Å². The highest BCUT2D eigenvalue weighted by Gasteiger charge is 2.36. The maximum Gasteiger partial charge on any atom is 0.136 e. The van der Waals surface area contributed by atoms with Crippen molar-refractivity contribution in [2.45, 2.75) is 53.4 Å². The number of hydrogen-bond acceptors (Lipinski definition) is 2. The average Bonchev–Trinajstić information content (AvgIpc) is 3.78. The van der Waals surface area contributed by atoms with Crippen molar-refractivity contribution in [2.24, 2.45) is 0 Å². The lowest BCUT2D eigenvalue weighted by Gasteiger charge is -2.32. The molecule has 0 fully saturated rings. The zero-order valence-corrected chi connectivity index (χ0v) is 31.7. The Morgan fingerprint density at radius 1 is 0.519 bits per heavy atom. The normalized spacial score (nSPS) is 13.8. The van der Waals surface area contributed by atoms with Crippen LogP contribution in [0, 0.1) is 27.7 Å². The summed E-state index contributed by atoms with van der Waals surface area (Å²) in [6, 6.07) is 48.0. The highest BCUT2D eigenvalue weighted by molar-refractivity contribution is 6.21. The molecule has 0 saturated heterocycles. The maximum atomic E-state index is 6.63. The lowest BCUT2D eigenvalue weighted by molar-refractivity contribution is 0.660. The second-order valence-electron chi connectivity index (χ2n) is 16.4. The van der Waals surface area contributed by atoms with E-state index in [9.17, 15) is 0 Å². The first kappa shape index (κ1) is 31.4. The lowest BCUT2D eigenvalue weighted by atomic mass is 9.82. The molecule has 0 bridgehead atoms. The summed E-state index contributed by atoms with van der Waals surface area (Å²) in [6.45, 7) is 13.7. The minimum Gasteiger partial charge on any atom is -0.456 e. The first-order valence-electron chi connectivity index (χ1n) is 19.2. The predicted octanol–water partition coefficient (Wildman–Crippen LogP) is 14.5. The van der Waals surface area contributed by atoms with Gasteiger partial charge in [-0.3, -0.25) is 0 Å². The molecule has 0 radical (unpaired) electrons. The van der Waals surface area contributed by atoms with Gasteiger partial charge in [0.25, 0.3) is 0 Å². The fourth-order valence-electron chi connectivity index (χ4n) is 10.3. The summed E-state index contributed by atoms with van der Waals surface area (Å²) < 4.78 is 6.63. The van der Waals surface area contributed by atoms with Crippen molar-refractivity contribution in [3.05, 3.63) is 172 Å². The standard InChI is InChI=1S/C52H41NO/c1-29-21-31(3)51(32(4)22-29)53(35-19-20-38-37-14-11-12-18-44(37)52(5,6)45(38)27-35)46-25-34-24-33-26-47-43(28-42(33)49(34)41-17-10-8-15-39(41)46)50-40-16-9-7-13-36(40)30(2)23-48(50)54-47/h7-23,25-28H,24H2,1-6H3. The van der Waals surface area contributed by atoms with Crippen molar-refractivity contribution in [3.8, 4) is 22.3 Å². The molecule has 54 heavy (non-hydrogen) atoms. The van der Waals surface area contributed by atoms with Crippen LogP contribution in [-0.2, 0) is 11.8 Å². The topological polar surface area (TPSA) is 16.4 Å². The molecule has 9 aromatic rings. The van der Waals surface area contributed by atoms with E-state index in [1.165, 1.54) is 116 Å². The average molecular weight is 696 g/mol. The highest BCUT2D eigenvalue weighted by Crippen LogP contribution is 2.54. The second-order valence-corrected chi connectivity index (χ2v) is 16.4. The van der Waals surface area contributed by atoms with E-state index in [4.69, 9.17) is 4.42 Å². The predicted molar refractivity (Wildman–Crippen MR) is 228 cm³/mol. The molecule has 0 spiro atoms. The van der Waals surface area contributed by atoms with Gasteiger partial charge in [0.15, 0.2) is 0 Å². The van der Waals surface area contributed by atoms with Crippen LogP contribution in [-0.4, -0.2) is 0 Å². The molecule has 0 amide bonds. The van der Waals surface area contributed by atoms with Crippen LogP contribution < -0.4 is 4.90 Å². The van der Waals surface area contributed by atoms with E-state index in [0.717, 1.165) is 17.6 Å². The van der Waals surface area contributed by atoms with Crippen LogP contribution in [0.1, 0.15) is 58.4 Å². The molecule has 2 aliphatic carbocycles. The summed E-state index contributed by atoms with van der Waals surface area (Å²) in [7, 11) is 0. The molecule has 260 valence electrons. The molecule has 11 rings (SSSR count). The minimum atomic E-state index is -0.0995. The number of furan rings is 1. The molecule has 0 unspecified atom stereocenters. The van der Waals surface area contributed by atoms with Gasteiger partial charge in [0.05, 0.1) is 11.4 Å². The van der Waals surface area contributed by atoms with Gasteiger partial charge in [-0.15, -0.1) is 0 Å². The number of nitrogens with zero attached hydrogens (tertiary/aromatic N) is 1. The highest BCUT2D eigenvalue weighted by atomic mass is 16.3. The second kappa shape index (κ2) is 11.0. The van der Waals surface area contributed by atoms with Crippen molar-refractivity contribution in [1.29, 1.82) is 0 Å². The van der Waals surface area contributed by atoms with E-state index in [1.807, 2.05) is 0 Å². The van der Waals surface area contributed by atoms with Crippen LogP contribution in [0.25, 0.3) is 65.7 Å². The Balaban J connectivity index is 1.17. The van der Waals surface area contributed by atoms with Crippen LogP contribution in [0.15, 0.2) is 132 Å². The van der Waals surface area contributed by atoms with Gasteiger partial charge in [-0.2, -0.15) is 0 Å². The van der Waals surface area contributed by atoms with Gasteiger partial charge < -0.3 is 9.32 Å². The Morgan fingerprint density at radius 2 is 1.20 bits per heavy atom. The summed E-state index contributed by atoms with van der Waals surface area (Å²) in [5.74, 6) is 0. The first-order valence-corrected chi connectivity index (χ1v) is 19.2. The smallest absolute Gasteiger partial charge is 0.136 e. The van der Waals surface area contributed by atoms with Crippen molar-refractivity contribution in [3.63, 3.8) is 0 Å². The number of rotatable bonds is 3. The van der Waals surface area contributed by atoms with Crippen molar-refractivity contribution < 1.29 is 4.42 Å². The van der Waals surface area contributed by atoms with Gasteiger partial charge in [0, 0.05) is 27.3 Å². The van der Waals surface area contributed by atoms with E-state index >= 15 is 0 Å². The van der Waals surface area contributed by atoms with Crippen LogP contribution in [0.4, 0.5) is 17.1 Å². The largest absolute Gasteiger partial charge is 0.456 e. The monoisotopic (exact) mass is 695 g/mol. The van der Waals surface area contributed by atoms with E-state index in [0.29, 0.717) is 0 Å². The quantitative estimate of drug-likeness (QED) is 0.183. The zero-order valence-electron chi connectivity index (χ0n) is 31.7. The summed E-state index contributed by atoms with van der Waals surface area (Å²) in [5, 5.41) is 7.48. The Labute approximate surface area is 316 Å². The number of hydrogen-bond donors (Lipinski definition) is 0. The fourth-order valence-corrected chi connectivity index (χ4v) is 10.3. The number of fused-ring (bicyclic) bond motifs is 13. The molecular formula is C52H41NO. The van der Waals surface area contributed by atoms with Crippen LogP contribution in [0.3, 0.4) is 0 Å². The van der Waals surface area contributed by atoms with Crippen molar-refractivity contribution in [2.75, 3.05) is 4.90 Å². The van der Waals surface area contributed by atoms with Gasteiger partial charge in [-0.1, -0.05) is 110 Å². The van der Waals surface area contributed by atoms with Crippen LogP contribution >= 0.6 is 0 Å². The lowest BCUT2D eigenvalue weighted by Crippen LogP contribution is -2.17. The molecular weight excluding hydrogens is 655 g/mol. The van der Waals surface area contributed by atoms with E-state index in [2.05, 4.69) is 174 Å². The van der Waals surface area contributed by atoms with Gasteiger partial charge >= 0.3 is 0 Å². The molecule has 2 aliphatic rings.